The minimum atomic E-state index is -0.513. The maximum atomic E-state index is 9.27. The highest BCUT2D eigenvalue weighted by Crippen LogP contribution is 2.18. The van der Waals surface area contributed by atoms with Crippen LogP contribution >= 0.6 is 0 Å². The van der Waals surface area contributed by atoms with Gasteiger partial charge in [-0.05, 0) is 44.5 Å². The zero-order valence-electron chi connectivity index (χ0n) is 9.19. The zero-order valence-corrected chi connectivity index (χ0v) is 9.19. The van der Waals surface area contributed by atoms with Crippen LogP contribution in [0, 0.1) is 18.3 Å². The van der Waals surface area contributed by atoms with Crippen molar-refractivity contribution in [3.05, 3.63) is 29.3 Å². The molecule has 1 aromatic carbocycles. The third-order valence-electron chi connectivity index (χ3n) is 2.32. The van der Waals surface area contributed by atoms with Crippen molar-refractivity contribution in [2.45, 2.75) is 33.0 Å². The molecule has 0 fully saturated rings. The molecule has 0 saturated heterocycles. The topological polar surface area (TPSA) is 53.2 Å². The lowest BCUT2D eigenvalue weighted by molar-refractivity contribution is 0.0604. The Labute approximate surface area is 89.9 Å². The maximum Gasteiger partial charge on any atom is 0.121 e. The summed E-state index contributed by atoms with van der Waals surface area (Å²) in [6, 6.07) is 7.36. The predicted octanol–water partition coefficient (Wildman–Crippen LogP) is 2.01. The smallest absolute Gasteiger partial charge is 0.121 e. The number of aryl methyl sites for hydroxylation is 1. The second kappa shape index (κ2) is 4.81. The summed E-state index contributed by atoms with van der Waals surface area (Å²) in [5, 5.41) is 18.0. The van der Waals surface area contributed by atoms with Gasteiger partial charge in [0.25, 0.3) is 0 Å². The average molecular weight is 205 g/mol. The van der Waals surface area contributed by atoms with E-state index in [0.29, 0.717) is 11.3 Å². The number of hydrogen-bond donors (Lipinski definition) is 1. The molecule has 15 heavy (non-hydrogen) atoms. The molecular weight excluding hydrogens is 190 g/mol. The van der Waals surface area contributed by atoms with Crippen molar-refractivity contribution in [2.24, 2.45) is 0 Å². The second-order valence-corrected chi connectivity index (χ2v) is 3.65. The van der Waals surface area contributed by atoms with Crippen molar-refractivity contribution in [3.63, 3.8) is 0 Å². The van der Waals surface area contributed by atoms with Crippen LogP contribution in [0.25, 0.3) is 0 Å². The Balaban J connectivity index is 2.81. The first-order valence-electron chi connectivity index (χ1n) is 4.90. The molecule has 1 N–H and O–H groups in total. The fourth-order valence-corrected chi connectivity index (χ4v) is 1.15. The molecule has 1 aromatic rings. The molecular formula is C12H15NO2. The van der Waals surface area contributed by atoms with Crippen LogP contribution in [0.5, 0.6) is 5.75 Å². The first kappa shape index (κ1) is 11.5. The Bertz CT molecular complexity index is 380. The van der Waals surface area contributed by atoms with E-state index in [-0.39, 0.29) is 6.10 Å². The Morgan fingerprint density at radius 1 is 1.40 bits per heavy atom. The van der Waals surface area contributed by atoms with Gasteiger partial charge in [0.2, 0.25) is 0 Å². The summed E-state index contributed by atoms with van der Waals surface area (Å²) < 4.78 is 5.50. The number of rotatable bonds is 3. The zero-order chi connectivity index (χ0) is 11.4. The van der Waals surface area contributed by atoms with Gasteiger partial charge in [-0.2, -0.15) is 5.26 Å². The SMILES string of the molecule is Cc1cc(OC(C)C(C)O)ccc1C#N. The third kappa shape index (κ3) is 2.97. The van der Waals surface area contributed by atoms with Gasteiger partial charge in [-0.3, -0.25) is 0 Å². The molecule has 0 amide bonds. The van der Waals surface area contributed by atoms with Gasteiger partial charge < -0.3 is 9.84 Å². The van der Waals surface area contributed by atoms with Crippen molar-refractivity contribution in [1.29, 1.82) is 5.26 Å². The fraction of sp³-hybridized carbons (Fsp3) is 0.417. The average Bonchev–Trinajstić information content (AvgIpc) is 2.18. The van der Waals surface area contributed by atoms with Crippen LogP contribution in [0.4, 0.5) is 0 Å². The first-order chi connectivity index (χ1) is 7.04. The molecule has 0 aromatic heterocycles. The highest BCUT2D eigenvalue weighted by Gasteiger charge is 2.10. The van der Waals surface area contributed by atoms with Gasteiger partial charge in [0.15, 0.2) is 0 Å². The lowest BCUT2D eigenvalue weighted by Gasteiger charge is -2.17. The molecule has 0 aliphatic heterocycles. The number of nitrogens with zero attached hydrogens (tertiary/aromatic N) is 1. The van der Waals surface area contributed by atoms with E-state index in [9.17, 15) is 5.11 Å². The number of aliphatic hydroxyl groups excluding tert-OH is 1. The van der Waals surface area contributed by atoms with E-state index in [0.717, 1.165) is 5.56 Å². The normalized spacial score (nSPS) is 14.1. The molecule has 3 heteroatoms. The van der Waals surface area contributed by atoms with Crippen LogP contribution in [-0.4, -0.2) is 17.3 Å². The summed E-state index contributed by atoms with van der Waals surface area (Å²) in [5.74, 6) is 0.680. The summed E-state index contributed by atoms with van der Waals surface area (Å²) >= 11 is 0. The molecule has 0 aliphatic rings. The third-order valence-corrected chi connectivity index (χ3v) is 2.32. The highest BCUT2D eigenvalue weighted by molar-refractivity contribution is 5.41. The van der Waals surface area contributed by atoms with Crippen LogP contribution < -0.4 is 4.74 Å². The van der Waals surface area contributed by atoms with Gasteiger partial charge in [0, 0.05) is 0 Å². The van der Waals surface area contributed by atoms with Crippen molar-refractivity contribution in [3.8, 4) is 11.8 Å². The standard InChI is InChI=1S/C12H15NO2/c1-8-6-12(5-4-11(8)7-13)15-10(3)9(2)14/h4-6,9-10,14H,1-3H3. The highest BCUT2D eigenvalue weighted by atomic mass is 16.5. The minimum Gasteiger partial charge on any atom is -0.488 e. The Kier molecular flexibility index (Phi) is 3.70. The molecule has 0 saturated carbocycles. The summed E-state index contributed by atoms with van der Waals surface area (Å²) in [7, 11) is 0. The van der Waals surface area contributed by atoms with E-state index in [4.69, 9.17) is 10.00 Å². The molecule has 0 bridgehead atoms. The molecule has 0 spiro atoms. The molecule has 1 rings (SSSR count). The Morgan fingerprint density at radius 3 is 2.53 bits per heavy atom. The number of ether oxygens (including phenoxy) is 1. The minimum absolute atomic E-state index is 0.252. The molecule has 0 aliphatic carbocycles. The number of hydrogen-bond acceptors (Lipinski definition) is 3. The van der Waals surface area contributed by atoms with E-state index in [1.165, 1.54) is 0 Å². The molecule has 0 radical (unpaired) electrons. The van der Waals surface area contributed by atoms with Crippen LogP contribution in [0.3, 0.4) is 0 Å². The van der Waals surface area contributed by atoms with Gasteiger partial charge in [-0.15, -0.1) is 0 Å². The summed E-state index contributed by atoms with van der Waals surface area (Å²) in [5.41, 5.74) is 1.53. The van der Waals surface area contributed by atoms with E-state index in [1.807, 2.05) is 6.92 Å². The lowest BCUT2D eigenvalue weighted by Crippen LogP contribution is -2.25. The van der Waals surface area contributed by atoms with Crippen molar-refractivity contribution >= 4 is 0 Å². The predicted molar refractivity (Wildman–Crippen MR) is 57.7 cm³/mol. The van der Waals surface area contributed by atoms with Gasteiger partial charge in [-0.1, -0.05) is 0 Å². The van der Waals surface area contributed by atoms with Crippen molar-refractivity contribution < 1.29 is 9.84 Å². The van der Waals surface area contributed by atoms with Gasteiger partial charge in [-0.25, -0.2) is 0 Å². The molecule has 2 unspecified atom stereocenters. The summed E-state index contributed by atoms with van der Waals surface area (Å²) in [6.45, 7) is 5.35. The number of benzene rings is 1. The van der Waals surface area contributed by atoms with E-state index >= 15 is 0 Å². The number of aliphatic hydroxyl groups is 1. The largest absolute Gasteiger partial charge is 0.488 e. The molecule has 80 valence electrons. The van der Waals surface area contributed by atoms with Crippen LogP contribution in [0.2, 0.25) is 0 Å². The van der Waals surface area contributed by atoms with Gasteiger partial charge in [0.1, 0.15) is 11.9 Å². The van der Waals surface area contributed by atoms with Crippen molar-refractivity contribution in [1.82, 2.24) is 0 Å². The van der Waals surface area contributed by atoms with Crippen LogP contribution in [0.15, 0.2) is 18.2 Å². The summed E-state index contributed by atoms with van der Waals surface area (Å²) in [4.78, 5) is 0. The molecule has 3 nitrogen and oxygen atoms in total. The van der Waals surface area contributed by atoms with Crippen LogP contribution in [-0.2, 0) is 0 Å². The Morgan fingerprint density at radius 2 is 2.07 bits per heavy atom. The fourth-order valence-electron chi connectivity index (χ4n) is 1.15. The second-order valence-electron chi connectivity index (χ2n) is 3.65. The van der Waals surface area contributed by atoms with Crippen molar-refractivity contribution in [2.75, 3.05) is 0 Å². The lowest BCUT2D eigenvalue weighted by atomic mass is 10.1. The van der Waals surface area contributed by atoms with Crippen LogP contribution in [0.1, 0.15) is 25.0 Å². The van der Waals surface area contributed by atoms with E-state index in [1.54, 1.807) is 32.0 Å². The molecule has 2 atom stereocenters. The summed E-state index contributed by atoms with van der Waals surface area (Å²) in [6.07, 6.45) is -0.765. The number of nitriles is 1. The van der Waals surface area contributed by atoms with Gasteiger partial charge >= 0.3 is 0 Å². The van der Waals surface area contributed by atoms with E-state index in [2.05, 4.69) is 6.07 Å². The molecule has 0 heterocycles. The quantitative estimate of drug-likeness (QED) is 0.821. The maximum absolute atomic E-state index is 9.27. The first-order valence-corrected chi connectivity index (χ1v) is 4.90. The van der Waals surface area contributed by atoms with Gasteiger partial charge in [0.05, 0.1) is 17.7 Å². The van der Waals surface area contributed by atoms with E-state index < -0.39 is 6.10 Å². The monoisotopic (exact) mass is 205 g/mol. The Hall–Kier alpha value is -1.53.